The number of aryl methyl sites for hydroxylation is 1. The van der Waals surface area contributed by atoms with Crippen LogP contribution in [0.3, 0.4) is 0 Å². The second kappa shape index (κ2) is 8.60. The van der Waals surface area contributed by atoms with Crippen LogP contribution < -0.4 is 0 Å². The molecule has 6 nitrogen and oxygen atoms in total. The maximum Gasteiger partial charge on any atom is 0.272 e. The Hall–Kier alpha value is -4.83. The molecule has 1 saturated heterocycles. The van der Waals surface area contributed by atoms with E-state index in [4.69, 9.17) is 0 Å². The fourth-order valence-corrected chi connectivity index (χ4v) is 6.66. The van der Waals surface area contributed by atoms with Gasteiger partial charge in [0.1, 0.15) is 23.3 Å². The first kappa shape index (κ1) is 23.3. The smallest absolute Gasteiger partial charge is 0.272 e. The van der Waals surface area contributed by atoms with Crippen LogP contribution in [0.4, 0.5) is 4.39 Å². The van der Waals surface area contributed by atoms with Crippen molar-refractivity contribution >= 4 is 16.8 Å². The van der Waals surface area contributed by atoms with Crippen molar-refractivity contribution in [1.29, 1.82) is 5.26 Å². The standard InChI is InChI=1S/C32H24FN5O/c1-20-14-29-22(17-35-38(29)25-12-10-23(33)11-13-25)15-26(20)32-19-37(31(39)28-9-5-8-24(16-34)36-28)18-27(32)30(32)21-6-3-2-4-7-21/h2-15,17,27,30H,18-19H2,1H3. The minimum atomic E-state index is -0.283. The van der Waals surface area contributed by atoms with Crippen molar-refractivity contribution in [3.8, 4) is 11.8 Å². The number of carbonyl (C=O) groups excluding carboxylic acids is 1. The van der Waals surface area contributed by atoms with Crippen LogP contribution in [-0.4, -0.2) is 38.7 Å². The van der Waals surface area contributed by atoms with Gasteiger partial charge in [0, 0.05) is 29.8 Å². The first-order chi connectivity index (χ1) is 19.0. The van der Waals surface area contributed by atoms with Gasteiger partial charge in [-0.05, 0) is 78.1 Å². The SMILES string of the molecule is Cc1cc2c(cnn2-c2ccc(F)cc2)cc1C12CN(C(=O)c3cccc(C#N)n3)CC1C2c1ccccc1. The Labute approximate surface area is 224 Å². The summed E-state index contributed by atoms with van der Waals surface area (Å²) in [5.74, 6) is 0.137. The molecule has 0 radical (unpaired) electrons. The summed E-state index contributed by atoms with van der Waals surface area (Å²) in [7, 11) is 0. The van der Waals surface area contributed by atoms with E-state index in [-0.39, 0.29) is 28.8 Å². The molecule has 2 fully saturated rings. The Bertz CT molecular complexity index is 1790. The molecule has 7 rings (SSSR count). The lowest BCUT2D eigenvalue weighted by molar-refractivity contribution is 0.0763. The van der Waals surface area contributed by atoms with Crippen LogP contribution >= 0.6 is 0 Å². The zero-order chi connectivity index (χ0) is 26.7. The third kappa shape index (κ3) is 3.56. The molecular formula is C32H24FN5O. The molecule has 3 aromatic carbocycles. The zero-order valence-corrected chi connectivity index (χ0v) is 21.3. The highest BCUT2D eigenvalue weighted by Gasteiger charge is 2.71. The molecule has 3 unspecified atom stereocenters. The molecule has 39 heavy (non-hydrogen) atoms. The molecule has 0 bridgehead atoms. The van der Waals surface area contributed by atoms with Crippen LogP contribution in [0.25, 0.3) is 16.6 Å². The summed E-state index contributed by atoms with van der Waals surface area (Å²) in [6, 6.07) is 28.2. The summed E-state index contributed by atoms with van der Waals surface area (Å²) in [5, 5.41) is 14.9. The lowest BCUT2D eigenvalue weighted by Gasteiger charge is -2.25. The van der Waals surface area contributed by atoms with Crippen LogP contribution in [0, 0.1) is 30.0 Å². The van der Waals surface area contributed by atoms with Crippen LogP contribution in [-0.2, 0) is 5.41 Å². The Morgan fingerprint density at radius 2 is 1.85 bits per heavy atom. The van der Waals surface area contributed by atoms with Crippen LogP contribution in [0.15, 0.2) is 91.1 Å². The van der Waals surface area contributed by atoms with Crippen molar-refractivity contribution in [2.45, 2.75) is 18.3 Å². The molecule has 1 amide bonds. The second-order valence-corrected chi connectivity index (χ2v) is 10.5. The van der Waals surface area contributed by atoms with E-state index in [1.807, 2.05) is 27.9 Å². The fraction of sp³-hybridized carbons (Fsp3) is 0.188. The number of amides is 1. The normalized spacial score (nSPS) is 21.5. The maximum atomic E-state index is 13.5. The van der Waals surface area contributed by atoms with Gasteiger partial charge >= 0.3 is 0 Å². The van der Waals surface area contributed by atoms with Crippen LogP contribution in [0.5, 0.6) is 0 Å². The predicted octanol–water partition coefficient (Wildman–Crippen LogP) is 5.55. The third-order valence-electron chi connectivity index (χ3n) is 8.39. The molecule has 0 spiro atoms. The lowest BCUT2D eigenvalue weighted by Crippen LogP contribution is -2.35. The minimum Gasteiger partial charge on any atom is -0.336 e. The van der Waals surface area contributed by atoms with E-state index in [2.05, 4.69) is 53.4 Å². The highest BCUT2D eigenvalue weighted by molar-refractivity contribution is 5.93. The number of carbonyl (C=O) groups is 1. The van der Waals surface area contributed by atoms with E-state index in [0.29, 0.717) is 24.7 Å². The van der Waals surface area contributed by atoms with Crippen molar-refractivity contribution in [2.24, 2.45) is 5.92 Å². The van der Waals surface area contributed by atoms with E-state index >= 15 is 0 Å². The van der Waals surface area contributed by atoms with Gasteiger partial charge in [-0.2, -0.15) is 10.4 Å². The third-order valence-corrected chi connectivity index (χ3v) is 8.39. The van der Waals surface area contributed by atoms with Gasteiger partial charge in [-0.25, -0.2) is 14.1 Å². The lowest BCUT2D eigenvalue weighted by atomic mass is 9.86. The average molecular weight is 514 g/mol. The number of likely N-dealkylation sites (tertiary alicyclic amines) is 1. The molecule has 1 aliphatic heterocycles. The minimum absolute atomic E-state index is 0.145. The number of hydrogen-bond donors (Lipinski definition) is 0. The summed E-state index contributed by atoms with van der Waals surface area (Å²) in [4.78, 5) is 19.6. The monoisotopic (exact) mass is 513 g/mol. The molecule has 190 valence electrons. The van der Waals surface area contributed by atoms with Crippen molar-refractivity contribution in [2.75, 3.05) is 13.1 Å². The summed E-state index contributed by atoms with van der Waals surface area (Å²) in [5.41, 5.74) is 5.70. The van der Waals surface area contributed by atoms with Crippen LogP contribution in [0.1, 0.15) is 38.8 Å². The zero-order valence-electron chi connectivity index (χ0n) is 21.3. The topological polar surface area (TPSA) is 74.8 Å². The quantitative estimate of drug-likeness (QED) is 0.316. The summed E-state index contributed by atoms with van der Waals surface area (Å²) < 4.78 is 15.3. The molecule has 3 atom stereocenters. The number of piperidine rings is 1. The number of benzene rings is 3. The van der Waals surface area contributed by atoms with E-state index in [1.165, 1.54) is 23.3 Å². The van der Waals surface area contributed by atoms with Gasteiger partial charge in [-0.15, -0.1) is 0 Å². The van der Waals surface area contributed by atoms with E-state index < -0.39 is 0 Å². The van der Waals surface area contributed by atoms with Gasteiger partial charge in [0.15, 0.2) is 0 Å². The van der Waals surface area contributed by atoms with Gasteiger partial charge in [-0.3, -0.25) is 4.79 Å². The molecule has 7 heteroatoms. The largest absolute Gasteiger partial charge is 0.336 e. The second-order valence-electron chi connectivity index (χ2n) is 10.5. The Morgan fingerprint density at radius 3 is 2.62 bits per heavy atom. The number of aromatic nitrogens is 3. The first-order valence-corrected chi connectivity index (χ1v) is 13.0. The summed E-state index contributed by atoms with van der Waals surface area (Å²) in [6.07, 6.45) is 1.85. The number of nitriles is 1. The molecule has 2 aliphatic rings. The van der Waals surface area contributed by atoms with E-state index in [9.17, 15) is 14.4 Å². The molecule has 5 aromatic rings. The highest BCUT2D eigenvalue weighted by atomic mass is 19.1. The summed E-state index contributed by atoms with van der Waals surface area (Å²) >= 11 is 0. The van der Waals surface area contributed by atoms with E-state index in [1.54, 1.807) is 30.3 Å². The molecule has 1 aliphatic carbocycles. The molecule has 3 heterocycles. The van der Waals surface area contributed by atoms with Gasteiger partial charge in [0.2, 0.25) is 0 Å². The van der Waals surface area contributed by atoms with Crippen molar-refractivity contribution in [3.05, 3.63) is 125 Å². The molecule has 0 N–H and O–H groups in total. The first-order valence-electron chi connectivity index (χ1n) is 13.0. The Kier molecular flexibility index (Phi) is 5.14. The van der Waals surface area contributed by atoms with Crippen molar-refractivity contribution in [1.82, 2.24) is 19.7 Å². The number of halogens is 1. The van der Waals surface area contributed by atoms with Crippen LogP contribution in [0.2, 0.25) is 0 Å². The molecule has 1 saturated carbocycles. The number of hydrogen-bond acceptors (Lipinski definition) is 4. The van der Waals surface area contributed by atoms with E-state index in [0.717, 1.165) is 22.2 Å². The number of rotatable bonds is 4. The number of nitrogens with zero attached hydrogens (tertiary/aromatic N) is 5. The number of pyridine rings is 1. The highest BCUT2D eigenvalue weighted by Crippen LogP contribution is 2.69. The average Bonchev–Trinajstić information content (AvgIpc) is 3.23. The maximum absolute atomic E-state index is 13.5. The van der Waals surface area contributed by atoms with Crippen molar-refractivity contribution < 1.29 is 9.18 Å². The fourth-order valence-electron chi connectivity index (χ4n) is 6.66. The number of fused-ring (bicyclic) bond motifs is 2. The molecule has 2 aromatic heterocycles. The van der Waals surface area contributed by atoms with Crippen molar-refractivity contribution in [3.63, 3.8) is 0 Å². The van der Waals surface area contributed by atoms with Gasteiger partial charge in [0.25, 0.3) is 5.91 Å². The van der Waals surface area contributed by atoms with Gasteiger partial charge in [-0.1, -0.05) is 36.4 Å². The van der Waals surface area contributed by atoms with Gasteiger partial charge < -0.3 is 4.90 Å². The molecular weight excluding hydrogens is 489 g/mol. The predicted molar refractivity (Wildman–Crippen MR) is 145 cm³/mol. The summed E-state index contributed by atoms with van der Waals surface area (Å²) in [6.45, 7) is 3.32. The Morgan fingerprint density at radius 1 is 1.05 bits per heavy atom. The van der Waals surface area contributed by atoms with Gasteiger partial charge in [0.05, 0.1) is 17.4 Å². The Balaban J connectivity index is 1.30.